The average molecular weight is 323 g/mol. The fourth-order valence-electron chi connectivity index (χ4n) is 1.82. The fraction of sp³-hybridized carbons (Fsp3) is 0.400. The van der Waals surface area contributed by atoms with Crippen LogP contribution in [0.5, 0.6) is 0 Å². The van der Waals surface area contributed by atoms with Crippen molar-refractivity contribution in [3.63, 3.8) is 0 Å². The van der Waals surface area contributed by atoms with E-state index in [0.717, 1.165) is 6.07 Å². The molecule has 1 aromatic rings. The SMILES string of the molecule is CCC(C)(C)C(=O)C(C#N)C(=O)c1ccc(Cl)cc1[N+](=O)[O-]. The molecule has 0 aromatic heterocycles. The Labute approximate surface area is 132 Å². The van der Waals surface area contributed by atoms with Gasteiger partial charge in [0.2, 0.25) is 0 Å². The zero-order chi connectivity index (χ0) is 17.1. The van der Waals surface area contributed by atoms with E-state index in [9.17, 15) is 25.0 Å². The van der Waals surface area contributed by atoms with Gasteiger partial charge in [-0.2, -0.15) is 5.26 Å². The minimum Gasteiger partial charge on any atom is -0.297 e. The molecule has 6 nitrogen and oxygen atoms in total. The molecule has 22 heavy (non-hydrogen) atoms. The van der Waals surface area contributed by atoms with Crippen molar-refractivity contribution in [1.82, 2.24) is 0 Å². The number of rotatable bonds is 6. The van der Waals surface area contributed by atoms with E-state index in [4.69, 9.17) is 11.6 Å². The first kappa shape index (κ1) is 17.8. The summed E-state index contributed by atoms with van der Waals surface area (Å²) in [6.45, 7) is 5.02. The molecule has 1 rings (SSSR count). The van der Waals surface area contributed by atoms with Crippen LogP contribution in [0.3, 0.4) is 0 Å². The van der Waals surface area contributed by atoms with E-state index in [1.54, 1.807) is 26.8 Å². The summed E-state index contributed by atoms with van der Waals surface area (Å²) in [5.41, 5.74) is -1.67. The highest BCUT2D eigenvalue weighted by atomic mass is 35.5. The Balaban J connectivity index is 3.33. The van der Waals surface area contributed by atoms with Crippen LogP contribution >= 0.6 is 11.6 Å². The highest BCUT2D eigenvalue weighted by Gasteiger charge is 2.39. The number of halogens is 1. The van der Waals surface area contributed by atoms with Crippen molar-refractivity contribution in [1.29, 1.82) is 5.26 Å². The number of nitro benzene ring substituents is 1. The summed E-state index contributed by atoms with van der Waals surface area (Å²) in [5, 5.41) is 20.3. The fourth-order valence-corrected chi connectivity index (χ4v) is 1.99. The summed E-state index contributed by atoms with van der Waals surface area (Å²) in [5.74, 6) is -3.00. The van der Waals surface area contributed by atoms with Crippen LogP contribution in [0.2, 0.25) is 5.02 Å². The van der Waals surface area contributed by atoms with Crippen molar-refractivity contribution in [2.75, 3.05) is 0 Å². The van der Waals surface area contributed by atoms with Crippen LogP contribution in [0.15, 0.2) is 18.2 Å². The Morgan fingerprint density at radius 3 is 2.50 bits per heavy atom. The van der Waals surface area contributed by atoms with Gasteiger partial charge in [0.1, 0.15) is 0 Å². The number of Topliss-reactive ketones (excluding diaryl/α,β-unsaturated/α-hetero) is 2. The van der Waals surface area contributed by atoms with Gasteiger partial charge in [-0.1, -0.05) is 32.4 Å². The van der Waals surface area contributed by atoms with E-state index in [0.29, 0.717) is 6.42 Å². The van der Waals surface area contributed by atoms with E-state index < -0.39 is 33.5 Å². The van der Waals surface area contributed by atoms with E-state index in [2.05, 4.69) is 0 Å². The predicted octanol–water partition coefficient (Wildman–Crippen LogP) is 3.58. The van der Waals surface area contributed by atoms with Crippen molar-refractivity contribution in [3.05, 3.63) is 38.9 Å². The van der Waals surface area contributed by atoms with Crippen LogP contribution in [0.1, 0.15) is 37.6 Å². The number of ketones is 2. The second-order valence-electron chi connectivity index (χ2n) is 5.45. The number of carbonyl (C=O) groups excluding carboxylic acids is 2. The molecule has 0 saturated heterocycles. The van der Waals surface area contributed by atoms with Gasteiger partial charge < -0.3 is 0 Å². The van der Waals surface area contributed by atoms with Crippen LogP contribution in [0, 0.1) is 32.8 Å². The molecule has 1 atom stereocenters. The third-order valence-electron chi connectivity index (χ3n) is 3.63. The number of hydrogen-bond donors (Lipinski definition) is 0. The molecule has 0 heterocycles. The quantitative estimate of drug-likeness (QED) is 0.345. The Morgan fingerprint density at radius 1 is 1.45 bits per heavy atom. The largest absolute Gasteiger partial charge is 0.297 e. The minimum atomic E-state index is -1.57. The minimum absolute atomic E-state index is 0.0944. The molecule has 1 unspecified atom stereocenters. The molecule has 0 amide bonds. The van der Waals surface area contributed by atoms with Crippen LogP contribution in [0.4, 0.5) is 5.69 Å². The second-order valence-corrected chi connectivity index (χ2v) is 5.88. The number of nitrogens with zero attached hydrogens (tertiary/aromatic N) is 2. The Kier molecular flexibility index (Phi) is 5.39. The molecule has 0 N–H and O–H groups in total. The number of nitro groups is 1. The van der Waals surface area contributed by atoms with Gasteiger partial charge in [-0.3, -0.25) is 19.7 Å². The third kappa shape index (κ3) is 3.49. The summed E-state index contributed by atoms with van der Waals surface area (Å²) in [6, 6.07) is 5.17. The first-order chi connectivity index (χ1) is 10.2. The highest BCUT2D eigenvalue weighted by molar-refractivity contribution is 6.31. The van der Waals surface area contributed by atoms with Gasteiger partial charge in [-0.05, 0) is 18.6 Å². The number of nitriles is 1. The van der Waals surface area contributed by atoms with Crippen LogP contribution in [-0.2, 0) is 4.79 Å². The zero-order valence-corrected chi connectivity index (χ0v) is 13.2. The monoisotopic (exact) mass is 322 g/mol. The van der Waals surface area contributed by atoms with E-state index in [1.807, 2.05) is 0 Å². The Hall–Kier alpha value is -2.26. The lowest BCUT2D eigenvalue weighted by Crippen LogP contribution is -2.34. The average Bonchev–Trinajstić information content (AvgIpc) is 2.47. The van der Waals surface area contributed by atoms with Crippen molar-refractivity contribution in [2.24, 2.45) is 11.3 Å². The van der Waals surface area contributed by atoms with Gasteiger partial charge in [-0.25, -0.2) is 0 Å². The molecule has 0 aliphatic carbocycles. The number of hydrogen-bond acceptors (Lipinski definition) is 5. The molecule has 0 bridgehead atoms. The summed E-state index contributed by atoms with van der Waals surface area (Å²) in [6.07, 6.45) is 0.444. The molecule has 1 aromatic carbocycles. The summed E-state index contributed by atoms with van der Waals surface area (Å²) in [7, 11) is 0. The van der Waals surface area contributed by atoms with Gasteiger partial charge >= 0.3 is 0 Å². The van der Waals surface area contributed by atoms with Crippen molar-refractivity contribution < 1.29 is 14.5 Å². The smallest absolute Gasteiger partial charge is 0.281 e. The van der Waals surface area contributed by atoms with Crippen LogP contribution < -0.4 is 0 Å². The van der Waals surface area contributed by atoms with Gasteiger partial charge in [-0.15, -0.1) is 0 Å². The number of benzene rings is 1. The molecule has 0 saturated carbocycles. The lowest BCUT2D eigenvalue weighted by molar-refractivity contribution is -0.385. The lowest BCUT2D eigenvalue weighted by Gasteiger charge is -2.23. The standard InChI is InChI=1S/C15H15ClN2O4/c1-4-15(2,3)14(20)11(8-17)13(19)10-6-5-9(16)7-12(10)18(21)22/h5-7,11H,4H2,1-3H3. The molecule has 7 heteroatoms. The second kappa shape index (κ2) is 6.67. The lowest BCUT2D eigenvalue weighted by atomic mass is 9.77. The van der Waals surface area contributed by atoms with Crippen molar-refractivity contribution >= 4 is 28.9 Å². The summed E-state index contributed by atoms with van der Waals surface area (Å²) in [4.78, 5) is 35.1. The molecular weight excluding hydrogens is 308 g/mol. The van der Waals surface area contributed by atoms with E-state index >= 15 is 0 Å². The maximum atomic E-state index is 12.4. The third-order valence-corrected chi connectivity index (χ3v) is 3.86. The topological polar surface area (TPSA) is 101 Å². The Morgan fingerprint density at radius 2 is 2.05 bits per heavy atom. The Bertz CT molecular complexity index is 677. The summed E-state index contributed by atoms with van der Waals surface area (Å²) >= 11 is 5.69. The zero-order valence-electron chi connectivity index (χ0n) is 12.4. The molecule has 116 valence electrons. The highest BCUT2D eigenvalue weighted by Crippen LogP contribution is 2.30. The predicted molar refractivity (Wildman–Crippen MR) is 80.6 cm³/mol. The first-order valence-electron chi connectivity index (χ1n) is 6.57. The van der Waals surface area contributed by atoms with E-state index in [1.165, 1.54) is 12.1 Å². The molecule has 0 aliphatic heterocycles. The number of carbonyl (C=O) groups is 2. The molecule has 0 fully saturated rings. The van der Waals surface area contributed by atoms with Crippen molar-refractivity contribution in [3.8, 4) is 6.07 Å². The maximum Gasteiger partial charge on any atom is 0.281 e. The molecule has 0 spiro atoms. The van der Waals surface area contributed by atoms with Crippen molar-refractivity contribution in [2.45, 2.75) is 27.2 Å². The molecule has 0 aliphatic rings. The van der Waals surface area contributed by atoms with Gasteiger partial charge in [0.15, 0.2) is 17.5 Å². The first-order valence-corrected chi connectivity index (χ1v) is 6.95. The van der Waals surface area contributed by atoms with Gasteiger partial charge in [0.25, 0.3) is 5.69 Å². The normalized spacial score (nSPS) is 12.3. The van der Waals surface area contributed by atoms with Crippen LogP contribution in [-0.4, -0.2) is 16.5 Å². The maximum absolute atomic E-state index is 12.4. The molecular formula is C15H15ClN2O4. The summed E-state index contributed by atoms with van der Waals surface area (Å²) < 4.78 is 0. The van der Waals surface area contributed by atoms with Crippen LogP contribution in [0.25, 0.3) is 0 Å². The van der Waals surface area contributed by atoms with Gasteiger partial charge in [0.05, 0.1) is 16.6 Å². The molecule has 0 radical (unpaired) electrons. The van der Waals surface area contributed by atoms with Gasteiger partial charge in [0, 0.05) is 16.5 Å². The van der Waals surface area contributed by atoms with E-state index in [-0.39, 0.29) is 10.6 Å².